The van der Waals surface area contributed by atoms with Crippen molar-refractivity contribution in [1.29, 1.82) is 0 Å². The lowest BCUT2D eigenvalue weighted by Gasteiger charge is -2.44. The molecule has 15 nitrogen and oxygen atoms in total. The number of carbonyl (C=O) groups excluding carboxylic acids is 5. The molecule has 1 aromatic heterocycles. The first-order valence-corrected chi connectivity index (χ1v) is 16.2. The number of fused-ring (bicyclic) bond motifs is 1. The number of hydrogen-bond donors (Lipinski definition) is 0. The highest BCUT2D eigenvalue weighted by molar-refractivity contribution is 5.87. The van der Waals surface area contributed by atoms with Crippen molar-refractivity contribution in [1.82, 2.24) is 15.0 Å². The van der Waals surface area contributed by atoms with Gasteiger partial charge in [0.15, 0.2) is 30.3 Å². The third-order valence-electron chi connectivity index (χ3n) is 7.98. The van der Waals surface area contributed by atoms with Gasteiger partial charge in [0.2, 0.25) is 0 Å². The van der Waals surface area contributed by atoms with Gasteiger partial charge >= 0.3 is 29.8 Å². The van der Waals surface area contributed by atoms with E-state index in [-0.39, 0.29) is 25.5 Å². The van der Waals surface area contributed by atoms with Crippen LogP contribution in [0.5, 0.6) is 0 Å². The Morgan fingerprint density at radius 2 is 1.50 bits per heavy atom. The molecule has 2 heterocycles. The SMILES string of the molecule is CC(=O)OC[C@H]1O[C@H](OCCn2nncc2C(=O)OCCc2ccc(C(C)C)cc3c(C)ccc2-3)[C@@H](OC(C)=O)[C@@H](OC(C)=O)[C@@H]1OC(C)=O. The molecule has 5 atom stereocenters. The van der Waals surface area contributed by atoms with Gasteiger partial charge in [0, 0.05) is 34.1 Å². The molecule has 0 amide bonds. The highest BCUT2D eigenvalue weighted by atomic mass is 16.7. The zero-order valence-corrected chi connectivity index (χ0v) is 29.2. The van der Waals surface area contributed by atoms with Gasteiger partial charge < -0.3 is 33.2 Å². The van der Waals surface area contributed by atoms with Crippen molar-refractivity contribution in [2.24, 2.45) is 0 Å². The van der Waals surface area contributed by atoms with Crippen LogP contribution >= 0.6 is 0 Å². The Kier molecular flexibility index (Phi) is 13.0. The van der Waals surface area contributed by atoms with Crippen molar-refractivity contribution in [2.45, 2.75) is 98.1 Å². The van der Waals surface area contributed by atoms with Gasteiger partial charge in [0.1, 0.15) is 12.7 Å². The topological polar surface area (TPSA) is 181 Å². The smallest absolute Gasteiger partial charge is 0.358 e. The van der Waals surface area contributed by atoms with Crippen molar-refractivity contribution in [3.8, 4) is 11.1 Å². The number of hydrogen-bond acceptors (Lipinski definition) is 14. The quantitative estimate of drug-likeness (QED) is 0.177. The monoisotopic (exact) mass is 697 g/mol. The number of carbonyl (C=O) groups is 5. The summed E-state index contributed by atoms with van der Waals surface area (Å²) in [5.74, 6) is -3.20. The molecule has 1 aromatic rings. The van der Waals surface area contributed by atoms with E-state index in [2.05, 4.69) is 61.4 Å². The van der Waals surface area contributed by atoms with Gasteiger partial charge in [-0.05, 0) is 40.7 Å². The first-order valence-electron chi connectivity index (χ1n) is 16.2. The van der Waals surface area contributed by atoms with Gasteiger partial charge in [-0.15, -0.1) is 5.10 Å². The molecule has 1 aliphatic heterocycles. The van der Waals surface area contributed by atoms with Crippen LogP contribution < -0.4 is 0 Å². The number of aromatic nitrogens is 3. The van der Waals surface area contributed by atoms with Crippen molar-refractivity contribution in [3.05, 3.63) is 58.9 Å². The van der Waals surface area contributed by atoms with Gasteiger partial charge in [-0.1, -0.05) is 49.4 Å². The van der Waals surface area contributed by atoms with E-state index in [1.165, 1.54) is 34.5 Å². The first-order chi connectivity index (χ1) is 23.7. The van der Waals surface area contributed by atoms with E-state index in [0.717, 1.165) is 31.9 Å². The lowest BCUT2D eigenvalue weighted by Crippen LogP contribution is -2.63. The summed E-state index contributed by atoms with van der Waals surface area (Å²) in [6, 6.07) is 10.5. The van der Waals surface area contributed by atoms with Crippen LogP contribution in [0.2, 0.25) is 0 Å². The highest BCUT2D eigenvalue weighted by Crippen LogP contribution is 2.33. The summed E-state index contributed by atoms with van der Waals surface area (Å²) in [6.07, 6.45) is -4.86. The Morgan fingerprint density at radius 1 is 0.820 bits per heavy atom. The number of ether oxygens (including phenoxy) is 7. The average molecular weight is 698 g/mol. The third kappa shape index (κ3) is 9.85. The fourth-order valence-electron chi connectivity index (χ4n) is 5.64. The average Bonchev–Trinajstić information content (AvgIpc) is 3.60. The molecule has 50 heavy (non-hydrogen) atoms. The molecule has 0 N–H and O–H groups in total. The van der Waals surface area contributed by atoms with Crippen LogP contribution in [0.25, 0.3) is 11.1 Å². The van der Waals surface area contributed by atoms with E-state index < -0.39 is 67.2 Å². The van der Waals surface area contributed by atoms with Crippen molar-refractivity contribution >= 4 is 29.8 Å². The Balaban J connectivity index is 1.43. The summed E-state index contributed by atoms with van der Waals surface area (Å²) in [7, 11) is 0. The summed E-state index contributed by atoms with van der Waals surface area (Å²) in [6.45, 7) is 10.5. The van der Waals surface area contributed by atoms with Crippen LogP contribution in [0.4, 0.5) is 0 Å². The molecule has 2 aliphatic carbocycles. The molecule has 0 unspecified atom stereocenters. The molecule has 1 saturated heterocycles. The van der Waals surface area contributed by atoms with E-state index >= 15 is 0 Å². The molecule has 0 spiro atoms. The molecular weight excluding hydrogens is 654 g/mol. The number of rotatable bonds is 14. The van der Waals surface area contributed by atoms with Crippen molar-refractivity contribution in [3.63, 3.8) is 0 Å². The van der Waals surface area contributed by atoms with E-state index in [4.69, 9.17) is 33.2 Å². The minimum atomic E-state index is -1.39. The molecule has 1 fully saturated rings. The summed E-state index contributed by atoms with van der Waals surface area (Å²) in [5, 5.41) is 7.81. The summed E-state index contributed by atoms with van der Waals surface area (Å²) in [4.78, 5) is 60.7. The molecular formula is C35H43N3O12. The second-order valence-corrected chi connectivity index (χ2v) is 12.2. The molecule has 0 bridgehead atoms. The van der Waals surface area contributed by atoms with E-state index in [1.54, 1.807) is 0 Å². The number of nitrogens with zero attached hydrogens (tertiary/aromatic N) is 3. The molecule has 0 radical (unpaired) electrons. The zero-order valence-electron chi connectivity index (χ0n) is 29.2. The molecule has 15 heteroatoms. The maximum Gasteiger partial charge on any atom is 0.358 e. The zero-order chi connectivity index (χ0) is 36.5. The predicted octanol–water partition coefficient (Wildman–Crippen LogP) is 3.31. The van der Waals surface area contributed by atoms with Crippen molar-refractivity contribution in [2.75, 3.05) is 19.8 Å². The normalized spacial score (nSPS) is 20.3. The Morgan fingerprint density at radius 3 is 2.16 bits per heavy atom. The standard InChI is InChI=1S/C35H43N3O12/c1-19(2)26-10-9-25(27-11-8-20(3)28(27)16-26)12-14-44-34(43)29-17-36-37-38(29)13-15-45-35-33(49-24(7)42)32(48-23(6)41)31(47-22(5)40)30(50-35)18-46-21(4)39/h8-11,16-17,19,30-33,35H,12-15,18H2,1-7H3/t30-,31-,32+,33+,35+/m1/s1. The first kappa shape index (κ1) is 37.9. The third-order valence-corrected chi connectivity index (χ3v) is 7.98. The van der Waals surface area contributed by atoms with Crippen LogP contribution in [0.1, 0.15) is 74.6 Å². The fourth-order valence-corrected chi connectivity index (χ4v) is 5.64. The molecule has 0 aromatic carbocycles. The lowest BCUT2D eigenvalue weighted by atomic mass is 9.98. The van der Waals surface area contributed by atoms with Gasteiger partial charge in [0.25, 0.3) is 0 Å². The molecule has 4 rings (SSSR count). The van der Waals surface area contributed by atoms with Crippen LogP contribution in [0, 0.1) is 6.92 Å². The second kappa shape index (κ2) is 17.2. The van der Waals surface area contributed by atoms with E-state index in [9.17, 15) is 24.0 Å². The number of aryl methyl sites for hydroxylation is 1. The minimum absolute atomic E-state index is 0.0166. The summed E-state index contributed by atoms with van der Waals surface area (Å²) in [5.41, 5.74) is 5.80. The van der Waals surface area contributed by atoms with Crippen LogP contribution in [-0.2, 0) is 65.3 Å². The summed E-state index contributed by atoms with van der Waals surface area (Å²) >= 11 is 0. The summed E-state index contributed by atoms with van der Waals surface area (Å²) < 4.78 is 40.0. The Hall–Kier alpha value is -4.89. The van der Waals surface area contributed by atoms with Crippen molar-refractivity contribution < 1.29 is 57.1 Å². The molecule has 0 saturated carbocycles. The predicted molar refractivity (Wildman–Crippen MR) is 174 cm³/mol. The Labute approximate surface area is 289 Å². The van der Waals surface area contributed by atoms with Crippen LogP contribution in [0.3, 0.4) is 0 Å². The maximum absolute atomic E-state index is 13.1. The van der Waals surface area contributed by atoms with E-state index in [1.807, 2.05) is 0 Å². The lowest BCUT2D eigenvalue weighted by molar-refractivity contribution is -0.308. The fraction of sp³-hybridized carbons (Fsp3) is 0.514. The molecule has 3 aliphatic rings. The second-order valence-electron chi connectivity index (χ2n) is 12.2. The minimum Gasteiger partial charge on any atom is -0.463 e. The van der Waals surface area contributed by atoms with Gasteiger partial charge in [-0.2, -0.15) is 0 Å². The largest absolute Gasteiger partial charge is 0.463 e. The van der Waals surface area contributed by atoms with Gasteiger partial charge in [-0.25, -0.2) is 9.48 Å². The van der Waals surface area contributed by atoms with Gasteiger partial charge in [0.05, 0.1) is 26.0 Å². The highest BCUT2D eigenvalue weighted by Gasteiger charge is 2.52. The molecule has 270 valence electrons. The van der Waals surface area contributed by atoms with Crippen LogP contribution in [0.15, 0.2) is 36.5 Å². The number of esters is 5. The Bertz CT molecular complexity index is 1650. The van der Waals surface area contributed by atoms with Gasteiger partial charge in [-0.3, -0.25) is 19.2 Å². The van der Waals surface area contributed by atoms with E-state index in [0.29, 0.717) is 12.3 Å². The maximum atomic E-state index is 13.1. The van der Waals surface area contributed by atoms with Crippen LogP contribution in [-0.4, -0.2) is 95.4 Å².